The van der Waals surface area contributed by atoms with Gasteiger partial charge in [-0.3, -0.25) is 4.99 Å². The Balaban J connectivity index is 2.08. The van der Waals surface area contributed by atoms with Gasteiger partial charge in [-0.1, -0.05) is 30.2 Å². The van der Waals surface area contributed by atoms with E-state index >= 15 is 0 Å². The number of aryl methyl sites for hydroxylation is 1. The average molecular weight is 466 g/mol. The number of esters is 1. The number of rotatable bonds is 6. The van der Waals surface area contributed by atoms with Crippen LogP contribution in [0.1, 0.15) is 39.8 Å². The Kier molecular flexibility index (Phi) is 7.72. The van der Waals surface area contributed by atoms with Crippen molar-refractivity contribution in [3.8, 4) is 11.2 Å². The molecule has 0 bridgehead atoms. The first-order valence-corrected chi connectivity index (χ1v) is 13.3. The molecule has 0 amide bonds. The fourth-order valence-corrected chi connectivity index (χ4v) is 3.53. The molecular weight excluding hydrogens is 437 g/mol. The summed E-state index contributed by atoms with van der Waals surface area (Å²) in [7, 11) is 0.805. The number of carbonyl (C=O) groups excluding carboxylic acids is 1. The van der Waals surface area contributed by atoms with E-state index in [0.29, 0.717) is 17.0 Å². The maximum absolute atomic E-state index is 14.8. The zero-order chi connectivity index (χ0) is 24.0. The van der Waals surface area contributed by atoms with Crippen LogP contribution in [0.25, 0.3) is 0 Å². The second-order valence-corrected chi connectivity index (χ2v) is 12.0. The second-order valence-electron chi connectivity index (χ2n) is 8.16. The van der Waals surface area contributed by atoms with E-state index in [4.69, 9.17) is 9.73 Å². The molecule has 0 spiro atoms. The summed E-state index contributed by atoms with van der Waals surface area (Å²) in [5.41, 5.74) is 3.25. The highest BCUT2D eigenvalue weighted by Crippen LogP contribution is 2.32. The minimum atomic E-state index is -0.981. The third-order valence-corrected chi connectivity index (χ3v) is 5.40. The van der Waals surface area contributed by atoms with E-state index in [9.17, 15) is 9.18 Å². The van der Waals surface area contributed by atoms with Crippen molar-refractivity contribution in [1.29, 1.82) is 0 Å². The molecule has 0 saturated heterocycles. The lowest BCUT2D eigenvalue weighted by atomic mass is 10.00. The monoisotopic (exact) mass is 465 g/mol. The van der Waals surface area contributed by atoms with Crippen molar-refractivity contribution in [2.45, 2.75) is 13.5 Å². The molecule has 2 aromatic carbocycles. The van der Waals surface area contributed by atoms with Gasteiger partial charge in [-0.25, -0.2) is 14.2 Å². The minimum absolute atomic E-state index is 0.135. The fourth-order valence-electron chi connectivity index (χ4n) is 3.11. The molecule has 0 fully saturated rings. The molecule has 0 N–H and O–H groups in total. The van der Waals surface area contributed by atoms with Crippen molar-refractivity contribution >= 4 is 21.7 Å². The zero-order valence-corrected chi connectivity index (χ0v) is 20.4. The van der Waals surface area contributed by atoms with Gasteiger partial charge in [-0.2, -0.15) is 10.0 Å². The summed E-state index contributed by atoms with van der Waals surface area (Å²) in [4.78, 5) is 21.2. The number of aliphatic imine (C=N–C) groups is 1. The van der Waals surface area contributed by atoms with Crippen molar-refractivity contribution < 1.29 is 13.9 Å². The quantitative estimate of drug-likeness (QED) is 0.299. The van der Waals surface area contributed by atoms with Gasteiger partial charge in [0.15, 0.2) is 5.69 Å². The molecule has 0 aliphatic rings. The van der Waals surface area contributed by atoms with Crippen molar-refractivity contribution in [2.75, 3.05) is 25.4 Å². The molecule has 3 rings (SSSR count). The normalized spacial score (nSPS) is 12.1. The smallest absolute Gasteiger partial charge is 0.358 e. The van der Waals surface area contributed by atoms with Gasteiger partial charge >= 0.3 is 5.97 Å². The second kappa shape index (κ2) is 10.5. The molecule has 0 atom stereocenters. The van der Waals surface area contributed by atoms with Gasteiger partial charge in [0.05, 0.1) is 30.9 Å². The lowest BCUT2D eigenvalue weighted by Crippen LogP contribution is -2.11. The predicted octanol–water partition coefficient (Wildman–Crippen LogP) is 4.78. The van der Waals surface area contributed by atoms with Gasteiger partial charge in [-0.05, 0) is 55.2 Å². The number of carbonyl (C=O) groups is 1. The lowest BCUT2D eigenvalue weighted by Gasteiger charge is -2.15. The highest BCUT2D eigenvalue weighted by molar-refractivity contribution is 8.35. The number of halogens is 1. The summed E-state index contributed by atoms with van der Waals surface area (Å²) < 4.78 is 21.6. The first-order valence-electron chi connectivity index (χ1n) is 10.5. The third kappa shape index (κ3) is 6.33. The number of imidazole rings is 1. The van der Waals surface area contributed by atoms with Crippen LogP contribution < -0.4 is 0 Å². The Morgan fingerprint density at radius 1 is 1.18 bits per heavy atom. The third-order valence-electron chi connectivity index (χ3n) is 4.68. The minimum Gasteiger partial charge on any atom is -0.461 e. The van der Waals surface area contributed by atoms with Gasteiger partial charge in [0, 0.05) is 23.7 Å². The topological polar surface area (TPSA) is 56.5 Å². The Morgan fingerprint density at radius 3 is 2.64 bits per heavy atom. The van der Waals surface area contributed by atoms with Crippen LogP contribution in [0.2, 0.25) is 0 Å². The number of hydrogen-bond acceptors (Lipinski definition) is 4. The first-order chi connectivity index (χ1) is 15.7. The summed E-state index contributed by atoms with van der Waals surface area (Å²) >= 11 is 0. The molecule has 0 unspecified atom stereocenters. The average Bonchev–Trinajstić information content (AvgIpc) is 3.14. The largest absolute Gasteiger partial charge is 0.461 e. The van der Waals surface area contributed by atoms with Crippen LogP contribution in [0.15, 0.2) is 59.9 Å². The molecule has 7 heteroatoms. The molecule has 5 nitrogen and oxygen atoms in total. The van der Waals surface area contributed by atoms with E-state index < -0.39 is 16.0 Å². The maximum Gasteiger partial charge on any atom is 0.358 e. The van der Waals surface area contributed by atoms with Crippen molar-refractivity contribution in [2.24, 2.45) is 12.0 Å². The summed E-state index contributed by atoms with van der Waals surface area (Å²) in [5.74, 6) is 2.35. The molecule has 0 radical (unpaired) electrons. The summed E-state index contributed by atoms with van der Waals surface area (Å²) in [6.07, 6.45) is 7.94. The van der Waals surface area contributed by atoms with Gasteiger partial charge in [0.2, 0.25) is 0 Å². The Labute approximate surface area is 196 Å². The van der Waals surface area contributed by atoms with Gasteiger partial charge < -0.3 is 9.30 Å². The molecule has 172 valence electrons. The van der Waals surface area contributed by atoms with Crippen molar-refractivity contribution in [3.05, 3.63) is 88.8 Å². The lowest BCUT2D eigenvalue weighted by molar-refractivity contribution is 0.0518. The zero-order valence-electron chi connectivity index (χ0n) is 19.6. The SMILES string of the molecule is CCOC(=O)c1ncn(C)c1CN=C(c1cccc(C#CS(C)(C)C)c1)c1ccccc1F. The number of hydrogen-bond donors (Lipinski definition) is 0. The molecule has 0 aliphatic carbocycles. The Hall–Kier alpha value is -3.37. The van der Waals surface area contributed by atoms with E-state index in [1.807, 2.05) is 24.3 Å². The fraction of sp³-hybridized carbons (Fsp3) is 0.269. The van der Waals surface area contributed by atoms with E-state index in [0.717, 1.165) is 11.1 Å². The molecule has 1 heterocycles. The summed E-state index contributed by atoms with van der Waals surface area (Å²) in [6, 6.07) is 14.1. The van der Waals surface area contributed by atoms with E-state index in [2.05, 4.69) is 34.9 Å². The van der Waals surface area contributed by atoms with Crippen LogP contribution in [-0.2, 0) is 18.3 Å². The number of nitrogens with zero attached hydrogens (tertiary/aromatic N) is 3. The molecular formula is C26H28FN3O2S. The van der Waals surface area contributed by atoms with Crippen LogP contribution in [0, 0.1) is 17.0 Å². The molecule has 33 heavy (non-hydrogen) atoms. The number of aromatic nitrogens is 2. The van der Waals surface area contributed by atoms with Crippen LogP contribution in [0.5, 0.6) is 0 Å². The molecule has 1 aromatic heterocycles. The molecule has 0 saturated carbocycles. The van der Waals surface area contributed by atoms with Crippen molar-refractivity contribution in [1.82, 2.24) is 9.55 Å². The van der Waals surface area contributed by atoms with Crippen LogP contribution in [-0.4, -0.2) is 46.6 Å². The first kappa shape index (κ1) is 24.3. The van der Waals surface area contributed by atoms with Crippen LogP contribution >= 0.6 is 10.0 Å². The maximum atomic E-state index is 14.8. The number of benzene rings is 2. The highest BCUT2D eigenvalue weighted by Gasteiger charge is 2.19. The summed E-state index contributed by atoms with van der Waals surface area (Å²) in [5, 5.41) is 3.31. The van der Waals surface area contributed by atoms with Gasteiger partial charge in [-0.15, -0.1) is 0 Å². The van der Waals surface area contributed by atoms with Gasteiger partial charge in [0.1, 0.15) is 5.82 Å². The summed E-state index contributed by atoms with van der Waals surface area (Å²) in [6.45, 7) is 2.13. The Bertz CT molecular complexity index is 1250. The van der Waals surface area contributed by atoms with Crippen molar-refractivity contribution in [3.63, 3.8) is 0 Å². The predicted molar refractivity (Wildman–Crippen MR) is 134 cm³/mol. The number of ether oxygens (including phenoxy) is 1. The van der Waals surface area contributed by atoms with Crippen LogP contribution in [0.3, 0.4) is 0 Å². The van der Waals surface area contributed by atoms with E-state index in [1.165, 1.54) is 6.07 Å². The van der Waals surface area contributed by atoms with Crippen LogP contribution in [0.4, 0.5) is 4.39 Å². The Morgan fingerprint density at radius 2 is 1.94 bits per heavy atom. The standard InChI is InChI=1S/C26H28FN3O2S/c1-6-32-26(31)25-23(30(2)18-29-25)17-28-24(21-12-7-8-13-22(21)27)20-11-9-10-19(16-20)14-15-33(3,4)5/h7-13,16,18H,6,17H2,1-5H3. The van der Waals surface area contributed by atoms with E-state index in [-0.39, 0.29) is 24.7 Å². The van der Waals surface area contributed by atoms with E-state index in [1.54, 1.807) is 43.1 Å². The highest BCUT2D eigenvalue weighted by atomic mass is 32.3. The van der Waals surface area contributed by atoms with Gasteiger partial charge in [0.25, 0.3) is 0 Å². The molecule has 0 aliphatic heterocycles. The molecule has 3 aromatic rings.